The van der Waals surface area contributed by atoms with Crippen LogP contribution in [0.3, 0.4) is 0 Å². The number of thiophene rings is 1. The van der Waals surface area contributed by atoms with Gasteiger partial charge >= 0.3 is 0 Å². The summed E-state index contributed by atoms with van der Waals surface area (Å²) in [5, 5.41) is 5.50. The summed E-state index contributed by atoms with van der Waals surface area (Å²) in [6.07, 6.45) is 4.47. The normalized spacial score (nSPS) is 12.0. The molecule has 8 heteroatoms. The third-order valence-electron chi connectivity index (χ3n) is 3.70. The van der Waals surface area contributed by atoms with Gasteiger partial charge in [-0.05, 0) is 46.8 Å². The molecule has 2 aromatic heterocycles. The van der Waals surface area contributed by atoms with E-state index in [1.54, 1.807) is 18.4 Å². The minimum atomic E-state index is -3.75. The van der Waals surface area contributed by atoms with Crippen LogP contribution in [0.4, 0.5) is 5.88 Å². The van der Waals surface area contributed by atoms with Crippen molar-refractivity contribution in [2.45, 2.75) is 25.2 Å². The number of nitrogens with zero attached hydrogens (tertiary/aromatic N) is 1. The summed E-state index contributed by atoms with van der Waals surface area (Å²) in [6.45, 7) is 3.76. The molecule has 0 aliphatic rings. The number of allylic oxidation sites excluding steroid dienone is 1. The van der Waals surface area contributed by atoms with E-state index in [4.69, 9.17) is 4.52 Å². The van der Waals surface area contributed by atoms with Gasteiger partial charge in [-0.15, -0.1) is 11.3 Å². The van der Waals surface area contributed by atoms with Gasteiger partial charge in [-0.2, -0.15) is 0 Å². The lowest BCUT2D eigenvalue weighted by Crippen LogP contribution is -2.13. The molecule has 5 nitrogen and oxygen atoms in total. The number of aryl methyl sites for hydroxylation is 2. The molecule has 0 amide bonds. The summed E-state index contributed by atoms with van der Waals surface area (Å²) in [4.78, 5) is 1.00. The number of benzene rings is 1. The highest BCUT2D eigenvalue weighted by Crippen LogP contribution is 2.30. The molecule has 1 aromatic carbocycles. The van der Waals surface area contributed by atoms with Crippen molar-refractivity contribution in [3.63, 3.8) is 0 Å². The van der Waals surface area contributed by atoms with Crippen molar-refractivity contribution in [1.82, 2.24) is 5.16 Å². The van der Waals surface area contributed by atoms with Crippen molar-refractivity contribution >= 4 is 49.3 Å². The Hall–Kier alpha value is -1.90. The van der Waals surface area contributed by atoms with E-state index < -0.39 is 10.0 Å². The number of anilines is 1. The molecule has 1 N–H and O–H groups in total. The smallest absolute Gasteiger partial charge is 0.265 e. The molecule has 2 heterocycles. The molecule has 0 saturated carbocycles. The molecule has 0 aliphatic heterocycles. The average molecular weight is 453 g/mol. The van der Waals surface area contributed by atoms with E-state index in [1.165, 1.54) is 16.9 Å². The van der Waals surface area contributed by atoms with Crippen LogP contribution in [0.1, 0.15) is 21.7 Å². The molecule has 0 unspecified atom stereocenters. The van der Waals surface area contributed by atoms with Gasteiger partial charge in [0.15, 0.2) is 0 Å². The SMILES string of the molecule is Cc1ccc(/C=C/Cc2sccc2S(=O)(=O)Nc2onc(C)c2Br)cc1. The van der Waals surface area contributed by atoms with Gasteiger partial charge in [0, 0.05) is 11.3 Å². The van der Waals surface area contributed by atoms with Gasteiger partial charge in [-0.25, -0.2) is 13.1 Å². The largest absolute Gasteiger partial charge is 0.336 e. The first kappa shape index (κ1) is 18.9. The van der Waals surface area contributed by atoms with Gasteiger partial charge in [0.2, 0.25) is 0 Å². The summed E-state index contributed by atoms with van der Waals surface area (Å²) < 4.78 is 33.3. The predicted octanol–water partition coefficient (Wildman–Crippen LogP) is 5.17. The molecule has 0 bridgehead atoms. The average Bonchev–Trinajstić information content (AvgIpc) is 3.19. The van der Waals surface area contributed by atoms with Crippen LogP contribution in [0.2, 0.25) is 0 Å². The summed E-state index contributed by atoms with van der Waals surface area (Å²) in [6, 6.07) is 9.75. The van der Waals surface area contributed by atoms with Crippen LogP contribution in [0.5, 0.6) is 0 Å². The highest BCUT2D eigenvalue weighted by molar-refractivity contribution is 9.10. The Bertz CT molecular complexity index is 1030. The standard InChI is InChI=1S/C18H17BrN2O3S2/c1-12-6-8-14(9-7-12)4-3-5-15-16(10-11-25-15)26(22,23)21-18-17(19)13(2)20-24-18/h3-4,6-11,21H,5H2,1-2H3/b4-3+. The van der Waals surface area contributed by atoms with E-state index in [9.17, 15) is 8.42 Å². The lowest BCUT2D eigenvalue weighted by Gasteiger charge is -2.05. The molecular formula is C18H17BrN2O3S2. The monoisotopic (exact) mass is 452 g/mol. The first-order valence-electron chi connectivity index (χ1n) is 7.81. The van der Waals surface area contributed by atoms with Crippen LogP contribution in [-0.4, -0.2) is 13.6 Å². The maximum atomic E-state index is 12.7. The highest BCUT2D eigenvalue weighted by Gasteiger charge is 2.23. The number of hydrogen-bond acceptors (Lipinski definition) is 5. The Balaban J connectivity index is 1.77. The molecule has 0 radical (unpaired) electrons. The third-order valence-corrected chi connectivity index (χ3v) is 7.12. The number of nitrogens with one attached hydrogen (secondary N) is 1. The van der Waals surface area contributed by atoms with Crippen molar-refractivity contribution in [2.24, 2.45) is 0 Å². The molecule has 136 valence electrons. The second-order valence-electron chi connectivity index (χ2n) is 5.74. The van der Waals surface area contributed by atoms with Crippen molar-refractivity contribution in [3.05, 3.63) is 68.0 Å². The van der Waals surface area contributed by atoms with E-state index in [-0.39, 0.29) is 10.8 Å². The fraction of sp³-hybridized carbons (Fsp3) is 0.167. The first-order valence-corrected chi connectivity index (χ1v) is 11.0. The number of aromatic nitrogens is 1. The summed E-state index contributed by atoms with van der Waals surface area (Å²) in [5.74, 6) is 0.0786. The maximum absolute atomic E-state index is 12.7. The molecule has 0 spiro atoms. The van der Waals surface area contributed by atoms with E-state index in [0.717, 1.165) is 10.4 Å². The lowest BCUT2D eigenvalue weighted by atomic mass is 10.1. The molecule has 26 heavy (non-hydrogen) atoms. The van der Waals surface area contributed by atoms with Crippen LogP contribution in [0.25, 0.3) is 6.08 Å². The van der Waals surface area contributed by atoms with Crippen LogP contribution in [0, 0.1) is 13.8 Å². The highest BCUT2D eigenvalue weighted by atomic mass is 79.9. The zero-order chi connectivity index (χ0) is 18.7. The number of hydrogen-bond donors (Lipinski definition) is 1. The van der Waals surface area contributed by atoms with Gasteiger partial charge in [0.25, 0.3) is 15.9 Å². The van der Waals surface area contributed by atoms with E-state index in [0.29, 0.717) is 16.6 Å². The van der Waals surface area contributed by atoms with Gasteiger partial charge in [-0.3, -0.25) is 0 Å². The molecule has 0 aliphatic carbocycles. The Morgan fingerprint density at radius 1 is 1.23 bits per heavy atom. The Morgan fingerprint density at radius 2 is 1.96 bits per heavy atom. The lowest BCUT2D eigenvalue weighted by molar-refractivity contribution is 0.430. The maximum Gasteiger partial charge on any atom is 0.265 e. The van der Waals surface area contributed by atoms with Crippen LogP contribution in [0.15, 0.2) is 55.7 Å². The van der Waals surface area contributed by atoms with E-state index in [2.05, 4.69) is 25.8 Å². The molecule has 3 rings (SSSR count). The Morgan fingerprint density at radius 3 is 2.62 bits per heavy atom. The molecule has 0 fully saturated rings. The quantitative estimate of drug-likeness (QED) is 0.559. The van der Waals surface area contributed by atoms with Crippen molar-refractivity contribution in [2.75, 3.05) is 4.72 Å². The molecule has 3 aromatic rings. The Kier molecular flexibility index (Phi) is 5.64. The van der Waals surface area contributed by atoms with Gasteiger partial charge in [0.05, 0.1) is 5.69 Å². The zero-order valence-corrected chi connectivity index (χ0v) is 17.4. The fourth-order valence-corrected chi connectivity index (χ4v) is 5.10. The second kappa shape index (κ2) is 7.77. The molecule has 0 atom stereocenters. The number of sulfonamides is 1. The van der Waals surface area contributed by atoms with Crippen LogP contribution >= 0.6 is 27.3 Å². The topological polar surface area (TPSA) is 72.2 Å². The summed E-state index contributed by atoms with van der Waals surface area (Å²) in [7, 11) is -3.75. The zero-order valence-electron chi connectivity index (χ0n) is 14.2. The van der Waals surface area contributed by atoms with Crippen molar-refractivity contribution < 1.29 is 12.9 Å². The van der Waals surface area contributed by atoms with E-state index >= 15 is 0 Å². The van der Waals surface area contributed by atoms with Crippen LogP contribution < -0.4 is 4.72 Å². The molecule has 0 saturated heterocycles. The van der Waals surface area contributed by atoms with Crippen molar-refractivity contribution in [3.8, 4) is 0 Å². The fourth-order valence-electron chi connectivity index (χ4n) is 2.30. The molecular weight excluding hydrogens is 436 g/mol. The number of halogens is 1. The van der Waals surface area contributed by atoms with Gasteiger partial charge in [0.1, 0.15) is 9.37 Å². The second-order valence-corrected chi connectivity index (χ2v) is 9.19. The Labute approximate surface area is 164 Å². The van der Waals surface area contributed by atoms with Gasteiger partial charge < -0.3 is 4.52 Å². The summed E-state index contributed by atoms with van der Waals surface area (Å²) >= 11 is 4.67. The van der Waals surface area contributed by atoms with Gasteiger partial charge in [-0.1, -0.05) is 47.1 Å². The summed E-state index contributed by atoms with van der Waals surface area (Å²) in [5.41, 5.74) is 2.86. The minimum absolute atomic E-state index is 0.0786. The van der Waals surface area contributed by atoms with Crippen LogP contribution in [-0.2, 0) is 16.4 Å². The van der Waals surface area contributed by atoms with Crippen molar-refractivity contribution in [1.29, 1.82) is 0 Å². The first-order chi connectivity index (χ1) is 12.4. The third kappa shape index (κ3) is 4.25. The number of rotatable bonds is 6. The minimum Gasteiger partial charge on any atom is -0.336 e. The predicted molar refractivity (Wildman–Crippen MR) is 108 cm³/mol. The van der Waals surface area contributed by atoms with E-state index in [1.807, 2.05) is 43.3 Å².